The molecule has 0 bridgehead atoms. The number of imidazole rings is 1. The van der Waals surface area contributed by atoms with Gasteiger partial charge in [0, 0.05) is 6.54 Å². The van der Waals surface area contributed by atoms with E-state index in [0.29, 0.717) is 17.5 Å². The number of hydrogen-bond acceptors (Lipinski definition) is 5. The van der Waals surface area contributed by atoms with Gasteiger partial charge in [0.2, 0.25) is 11.8 Å². The molecule has 0 amide bonds. The van der Waals surface area contributed by atoms with Gasteiger partial charge in [-0.25, -0.2) is 4.98 Å². The molecule has 0 spiro atoms. The Morgan fingerprint density at radius 3 is 2.94 bits per heavy atom. The van der Waals surface area contributed by atoms with Crippen molar-refractivity contribution in [2.45, 2.75) is 39.7 Å². The quantitative estimate of drug-likeness (QED) is 0.821. The second-order valence-corrected chi connectivity index (χ2v) is 4.20. The molecule has 6 nitrogen and oxygen atoms in total. The minimum absolute atomic E-state index is 0.130. The molecule has 0 aliphatic carbocycles. The van der Waals surface area contributed by atoms with Crippen molar-refractivity contribution in [1.82, 2.24) is 19.9 Å². The summed E-state index contributed by atoms with van der Waals surface area (Å²) >= 11 is 0. The molecule has 2 rings (SSSR count). The van der Waals surface area contributed by atoms with Crippen LogP contribution in [0.25, 0.3) is 11.2 Å². The average molecular weight is 249 g/mol. The van der Waals surface area contributed by atoms with Crippen molar-refractivity contribution < 1.29 is 4.74 Å². The summed E-state index contributed by atoms with van der Waals surface area (Å²) in [7, 11) is 0. The van der Waals surface area contributed by atoms with Crippen LogP contribution >= 0.6 is 0 Å². The minimum Gasteiger partial charge on any atom is -0.473 e. The van der Waals surface area contributed by atoms with E-state index in [4.69, 9.17) is 4.74 Å². The summed E-state index contributed by atoms with van der Waals surface area (Å²) in [5, 5.41) is 3.08. The molecular weight excluding hydrogens is 230 g/mol. The number of H-pyrrole nitrogens is 1. The number of fused-ring (bicyclic) bond motifs is 1. The predicted octanol–water partition coefficient (Wildman–Crippen LogP) is 2.35. The number of aromatic amines is 1. The van der Waals surface area contributed by atoms with E-state index in [2.05, 4.69) is 32.2 Å². The van der Waals surface area contributed by atoms with E-state index in [0.717, 1.165) is 24.9 Å². The second-order valence-electron chi connectivity index (χ2n) is 4.20. The summed E-state index contributed by atoms with van der Waals surface area (Å²) in [5.74, 6) is 1.12. The van der Waals surface area contributed by atoms with E-state index < -0.39 is 0 Å². The van der Waals surface area contributed by atoms with Crippen molar-refractivity contribution in [3.8, 4) is 5.88 Å². The lowest BCUT2D eigenvalue weighted by Crippen LogP contribution is -2.13. The molecule has 2 heterocycles. The molecule has 1 atom stereocenters. The van der Waals surface area contributed by atoms with Gasteiger partial charge in [0.05, 0.1) is 12.4 Å². The highest BCUT2D eigenvalue weighted by Crippen LogP contribution is 2.22. The molecular formula is C12H19N5O. The largest absolute Gasteiger partial charge is 0.473 e. The molecule has 2 aromatic rings. The fourth-order valence-corrected chi connectivity index (χ4v) is 1.79. The van der Waals surface area contributed by atoms with Crippen molar-refractivity contribution >= 4 is 17.1 Å². The van der Waals surface area contributed by atoms with Gasteiger partial charge < -0.3 is 15.0 Å². The smallest absolute Gasteiger partial charge is 0.245 e. The van der Waals surface area contributed by atoms with Gasteiger partial charge in [-0.2, -0.15) is 9.97 Å². The van der Waals surface area contributed by atoms with Gasteiger partial charge in [0.25, 0.3) is 0 Å². The Morgan fingerprint density at radius 2 is 2.22 bits per heavy atom. The Balaban J connectivity index is 2.31. The van der Waals surface area contributed by atoms with Crippen LogP contribution in [0.5, 0.6) is 5.88 Å². The topological polar surface area (TPSA) is 75.7 Å². The van der Waals surface area contributed by atoms with Crippen LogP contribution in [0.3, 0.4) is 0 Å². The molecule has 0 fully saturated rings. The van der Waals surface area contributed by atoms with E-state index in [1.54, 1.807) is 6.33 Å². The molecule has 0 aliphatic heterocycles. The van der Waals surface area contributed by atoms with Crippen molar-refractivity contribution in [1.29, 1.82) is 0 Å². The molecule has 0 aromatic carbocycles. The van der Waals surface area contributed by atoms with E-state index in [-0.39, 0.29) is 6.10 Å². The Kier molecular flexibility index (Phi) is 3.96. The van der Waals surface area contributed by atoms with Gasteiger partial charge in [0.15, 0.2) is 5.65 Å². The van der Waals surface area contributed by atoms with Crippen LogP contribution in [0.4, 0.5) is 5.95 Å². The lowest BCUT2D eigenvalue weighted by molar-refractivity contribution is 0.204. The first-order chi connectivity index (χ1) is 8.74. The third-order valence-electron chi connectivity index (χ3n) is 2.60. The summed E-state index contributed by atoms with van der Waals surface area (Å²) in [4.78, 5) is 15.8. The SMILES string of the molecule is CCCC(C)Oc1nc(NCC)nc2nc[nH]c12. The highest BCUT2D eigenvalue weighted by atomic mass is 16.5. The Hall–Kier alpha value is -1.85. The van der Waals surface area contributed by atoms with Crippen molar-refractivity contribution in [3.05, 3.63) is 6.33 Å². The van der Waals surface area contributed by atoms with Crippen LogP contribution < -0.4 is 10.1 Å². The van der Waals surface area contributed by atoms with Crippen LogP contribution in [0.2, 0.25) is 0 Å². The molecule has 0 saturated heterocycles. The number of nitrogens with zero attached hydrogens (tertiary/aromatic N) is 3. The number of hydrogen-bond donors (Lipinski definition) is 2. The summed E-state index contributed by atoms with van der Waals surface area (Å²) < 4.78 is 5.85. The van der Waals surface area contributed by atoms with Crippen molar-refractivity contribution in [2.24, 2.45) is 0 Å². The van der Waals surface area contributed by atoms with Crippen LogP contribution in [0.15, 0.2) is 6.33 Å². The number of aromatic nitrogens is 4. The van der Waals surface area contributed by atoms with Gasteiger partial charge in [-0.05, 0) is 20.3 Å². The average Bonchev–Trinajstić information content (AvgIpc) is 2.78. The number of rotatable bonds is 6. The van der Waals surface area contributed by atoms with E-state index in [1.807, 2.05) is 13.8 Å². The van der Waals surface area contributed by atoms with E-state index >= 15 is 0 Å². The normalized spacial score (nSPS) is 12.6. The van der Waals surface area contributed by atoms with Gasteiger partial charge in [-0.3, -0.25) is 0 Å². The Bertz CT molecular complexity index is 510. The number of nitrogens with one attached hydrogen (secondary N) is 2. The maximum atomic E-state index is 5.85. The lowest BCUT2D eigenvalue weighted by Gasteiger charge is -2.13. The second kappa shape index (κ2) is 5.66. The lowest BCUT2D eigenvalue weighted by atomic mass is 10.2. The minimum atomic E-state index is 0.130. The summed E-state index contributed by atoms with van der Waals surface area (Å²) in [5.41, 5.74) is 1.37. The summed E-state index contributed by atoms with van der Waals surface area (Å²) in [6.07, 6.45) is 3.81. The van der Waals surface area contributed by atoms with Crippen molar-refractivity contribution in [3.63, 3.8) is 0 Å². The fraction of sp³-hybridized carbons (Fsp3) is 0.583. The van der Waals surface area contributed by atoms with Crippen molar-refractivity contribution in [2.75, 3.05) is 11.9 Å². The number of ether oxygens (including phenoxy) is 1. The molecule has 0 aliphatic rings. The highest BCUT2D eigenvalue weighted by molar-refractivity contribution is 5.76. The molecule has 98 valence electrons. The molecule has 2 N–H and O–H groups in total. The maximum Gasteiger partial charge on any atom is 0.245 e. The molecule has 6 heteroatoms. The molecule has 0 saturated carbocycles. The monoisotopic (exact) mass is 249 g/mol. The molecule has 2 aromatic heterocycles. The van der Waals surface area contributed by atoms with Gasteiger partial charge in [0.1, 0.15) is 5.52 Å². The standard InChI is InChI=1S/C12H19N5O/c1-4-6-8(3)18-11-9-10(15-7-14-9)16-12(17-11)13-5-2/h7-8H,4-6H2,1-3H3,(H2,13,14,15,16,17). The third-order valence-corrected chi connectivity index (χ3v) is 2.60. The van der Waals surface area contributed by atoms with Gasteiger partial charge in [-0.1, -0.05) is 13.3 Å². The highest BCUT2D eigenvalue weighted by Gasteiger charge is 2.13. The van der Waals surface area contributed by atoms with Crippen LogP contribution in [-0.2, 0) is 0 Å². The van der Waals surface area contributed by atoms with E-state index in [1.165, 1.54) is 0 Å². The van der Waals surface area contributed by atoms with Crippen LogP contribution in [-0.4, -0.2) is 32.6 Å². The van der Waals surface area contributed by atoms with E-state index in [9.17, 15) is 0 Å². The molecule has 0 radical (unpaired) electrons. The first-order valence-electron chi connectivity index (χ1n) is 6.36. The van der Waals surface area contributed by atoms with Gasteiger partial charge in [-0.15, -0.1) is 0 Å². The zero-order chi connectivity index (χ0) is 13.0. The van der Waals surface area contributed by atoms with Crippen LogP contribution in [0.1, 0.15) is 33.6 Å². The molecule has 1 unspecified atom stereocenters. The van der Waals surface area contributed by atoms with Gasteiger partial charge >= 0.3 is 0 Å². The fourth-order valence-electron chi connectivity index (χ4n) is 1.79. The Labute approximate surface area is 106 Å². The molecule has 18 heavy (non-hydrogen) atoms. The first-order valence-corrected chi connectivity index (χ1v) is 6.36. The van der Waals surface area contributed by atoms with Crippen LogP contribution in [0, 0.1) is 0 Å². The third kappa shape index (κ3) is 2.69. The maximum absolute atomic E-state index is 5.85. The first kappa shape index (κ1) is 12.6. The zero-order valence-electron chi connectivity index (χ0n) is 11.0. The Morgan fingerprint density at radius 1 is 1.39 bits per heavy atom. The number of anilines is 1. The zero-order valence-corrected chi connectivity index (χ0v) is 11.0. The summed E-state index contributed by atoms with van der Waals surface area (Å²) in [6, 6.07) is 0. The summed E-state index contributed by atoms with van der Waals surface area (Å²) in [6.45, 7) is 6.94. The predicted molar refractivity (Wildman–Crippen MR) is 70.8 cm³/mol.